The number of hydrogen-bond donors (Lipinski definition) is 0. The number of rotatable bonds is 6. The molecule has 0 N–H and O–H groups in total. The Bertz CT molecular complexity index is 812. The molecule has 1 aromatic heterocycles. The SMILES string of the molecule is CCOP(=O)(OCC)Oc1ccc2c(=O)oc(C#N)cc2c1. The lowest BCUT2D eigenvalue weighted by Gasteiger charge is -2.17. The molecule has 22 heavy (non-hydrogen) atoms. The maximum Gasteiger partial charge on any atom is 0.530 e. The number of phosphoric acid groups is 1. The smallest absolute Gasteiger partial charge is 0.411 e. The molecule has 0 unspecified atom stereocenters. The van der Waals surface area contributed by atoms with Crippen LogP contribution in [0.5, 0.6) is 5.75 Å². The third-order valence-corrected chi connectivity index (χ3v) is 4.22. The second-order valence-electron chi connectivity index (χ2n) is 4.13. The highest BCUT2D eigenvalue weighted by molar-refractivity contribution is 7.48. The molecule has 0 bridgehead atoms. The molecule has 0 aliphatic heterocycles. The molecule has 2 aromatic rings. The summed E-state index contributed by atoms with van der Waals surface area (Å²) in [6, 6.07) is 7.54. The van der Waals surface area contributed by atoms with Crippen molar-refractivity contribution in [1.82, 2.24) is 0 Å². The van der Waals surface area contributed by atoms with Crippen LogP contribution in [-0.2, 0) is 13.6 Å². The summed E-state index contributed by atoms with van der Waals surface area (Å²) >= 11 is 0. The predicted octanol–water partition coefficient (Wildman–Crippen LogP) is 3.22. The fourth-order valence-electron chi connectivity index (χ4n) is 1.82. The fourth-order valence-corrected chi connectivity index (χ4v) is 3.00. The van der Waals surface area contributed by atoms with Crippen LogP contribution in [-0.4, -0.2) is 13.2 Å². The first-order chi connectivity index (χ1) is 10.5. The monoisotopic (exact) mass is 323 g/mol. The molecule has 0 fully saturated rings. The molecule has 2 rings (SSSR count). The van der Waals surface area contributed by atoms with Crippen molar-refractivity contribution in [3.05, 3.63) is 40.4 Å². The van der Waals surface area contributed by atoms with E-state index in [0.29, 0.717) is 5.39 Å². The van der Waals surface area contributed by atoms with Crippen LogP contribution in [0.25, 0.3) is 10.8 Å². The summed E-state index contributed by atoms with van der Waals surface area (Å²) in [5.74, 6) is 0.0830. The lowest BCUT2D eigenvalue weighted by atomic mass is 10.1. The van der Waals surface area contributed by atoms with Gasteiger partial charge in [0.1, 0.15) is 11.8 Å². The first-order valence-electron chi connectivity index (χ1n) is 6.58. The van der Waals surface area contributed by atoms with E-state index in [1.807, 2.05) is 0 Å². The molecular weight excluding hydrogens is 309 g/mol. The second kappa shape index (κ2) is 6.75. The summed E-state index contributed by atoms with van der Waals surface area (Å²) < 4.78 is 32.5. The van der Waals surface area contributed by atoms with Crippen LogP contribution in [0.2, 0.25) is 0 Å². The summed E-state index contributed by atoms with van der Waals surface area (Å²) in [6.07, 6.45) is 0. The normalized spacial score (nSPS) is 11.3. The standard InChI is InChI=1S/C14H14NO6P/c1-3-18-22(17,19-4-2)21-11-5-6-13-10(7-11)8-12(9-15)20-14(13)16/h5-8H,3-4H2,1-2H3. The molecule has 116 valence electrons. The molecule has 1 heterocycles. The zero-order chi connectivity index (χ0) is 16.2. The molecule has 0 amide bonds. The van der Waals surface area contributed by atoms with Gasteiger partial charge in [-0.05, 0) is 37.4 Å². The van der Waals surface area contributed by atoms with Gasteiger partial charge in [-0.1, -0.05) is 0 Å². The number of nitriles is 1. The van der Waals surface area contributed by atoms with Crippen LogP contribution in [0.4, 0.5) is 0 Å². The number of nitrogens with zero attached hydrogens (tertiary/aromatic N) is 1. The number of benzene rings is 1. The van der Waals surface area contributed by atoms with Gasteiger partial charge in [0.15, 0.2) is 0 Å². The summed E-state index contributed by atoms with van der Waals surface area (Å²) in [5.41, 5.74) is -0.626. The number of hydrogen-bond acceptors (Lipinski definition) is 7. The Kier molecular flexibility index (Phi) is 4.99. The third kappa shape index (κ3) is 3.55. The maximum atomic E-state index is 12.3. The van der Waals surface area contributed by atoms with Crippen molar-refractivity contribution < 1.29 is 22.6 Å². The first kappa shape index (κ1) is 16.2. The Balaban J connectivity index is 2.43. The van der Waals surface area contributed by atoms with Gasteiger partial charge < -0.3 is 8.94 Å². The van der Waals surface area contributed by atoms with Gasteiger partial charge in [-0.3, -0.25) is 9.05 Å². The second-order valence-corrected chi connectivity index (χ2v) is 5.73. The molecule has 0 aliphatic carbocycles. The van der Waals surface area contributed by atoms with Gasteiger partial charge in [0.2, 0.25) is 5.76 Å². The average Bonchev–Trinajstić information content (AvgIpc) is 2.47. The van der Waals surface area contributed by atoms with Crippen LogP contribution >= 0.6 is 7.82 Å². The average molecular weight is 323 g/mol. The van der Waals surface area contributed by atoms with Gasteiger partial charge in [-0.2, -0.15) is 5.26 Å². The van der Waals surface area contributed by atoms with Crippen molar-refractivity contribution in [1.29, 1.82) is 5.26 Å². The Morgan fingerprint density at radius 3 is 2.50 bits per heavy atom. The Morgan fingerprint density at radius 1 is 1.23 bits per heavy atom. The van der Waals surface area contributed by atoms with Gasteiger partial charge in [-0.15, -0.1) is 0 Å². The molecule has 7 nitrogen and oxygen atoms in total. The van der Waals surface area contributed by atoms with Crippen LogP contribution in [0, 0.1) is 11.3 Å². The van der Waals surface area contributed by atoms with Gasteiger partial charge in [0, 0.05) is 6.07 Å². The lowest BCUT2D eigenvalue weighted by molar-refractivity contribution is 0.167. The van der Waals surface area contributed by atoms with E-state index in [0.717, 1.165) is 0 Å². The first-order valence-corrected chi connectivity index (χ1v) is 8.04. The van der Waals surface area contributed by atoms with E-state index < -0.39 is 13.4 Å². The van der Waals surface area contributed by atoms with E-state index >= 15 is 0 Å². The maximum absolute atomic E-state index is 12.3. The quantitative estimate of drug-likeness (QED) is 0.752. The minimum Gasteiger partial charge on any atom is -0.411 e. The fraction of sp³-hybridized carbons (Fsp3) is 0.286. The zero-order valence-corrected chi connectivity index (χ0v) is 13.0. The van der Waals surface area contributed by atoms with E-state index in [-0.39, 0.29) is 30.1 Å². The predicted molar refractivity (Wildman–Crippen MR) is 78.7 cm³/mol. The van der Waals surface area contributed by atoms with Crippen molar-refractivity contribution in [3.8, 4) is 11.8 Å². The highest BCUT2D eigenvalue weighted by Gasteiger charge is 2.27. The van der Waals surface area contributed by atoms with E-state index in [2.05, 4.69) is 0 Å². The summed E-state index contributed by atoms with van der Waals surface area (Å²) in [6.45, 7) is 3.65. The van der Waals surface area contributed by atoms with Crippen molar-refractivity contribution in [2.75, 3.05) is 13.2 Å². The molecule has 0 atom stereocenters. The molecule has 1 aromatic carbocycles. The van der Waals surface area contributed by atoms with Gasteiger partial charge >= 0.3 is 13.4 Å². The van der Waals surface area contributed by atoms with Crippen LogP contribution in [0.1, 0.15) is 19.6 Å². The van der Waals surface area contributed by atoms with Crippen molar-refractivity contribution in [2.24, 2.45) is 0 Å². The Morgan fingerprint density at radius 2 is 1.91 bits per heavy atom. The van der Waals surface area contributed by atoms with E-state index in [1.165, 1.54) is 24.3 Å². The van der Waals surface area contributed by atoms with Crippen molar-refractivity contribution in [3.63, 3.8) is 0 Å². The topological polar surface area (TPSA) is 98.8 Å². The summed E-state index contributed by atoms with van der Waals surface area (Å²) in [7, 11) is -3.72. The van der Waals surface area contributed by atoms with E-state index in [4.69, 9.17) is 23.3 Å². The van der Waals surface area contributed by atoms with Crippen LogP contribution in [0.3, 0.4) is 0 Å². The number of phosphoric ester groups is 1. The van der Waals surface area contributed by atoms with Gasteiger partial charge in [0.25, 0.3) is 0 Å². The highest BCUT2D eigenvalue weighted by atomic mass is 31.2. The molecule has 0 saturated heterocycles. The van der Waals surface area contributed by atoms with Gasteiger partial charge in [0.05, 0.1) is 18.6 Å². The molecule has 0 aliphatic rings. The minimum atomic E-state index is -3.72. The third-order valence-electron chi connectivity index (χ3n) is 2.63. The zero-order valence-electron chi connectivity index (χ0n) is 12.1. The Hall–Kier alpha value is -2.13. The van der Waals surface area contributed by atoms with Crippen molar-refractivity contribution >= 4 is 18.6 Å². The van der Waals surface area contributed by atoms with Gasteiger partial charge in [-0.25, -0.2) is 9.36 Å². The van der Waals surface area contributed by atoms with E-state index in [9.17, 15) is 9.36 Å². The largest absolute Gasteiger partial charge is 0.530 e. The minimum absolute atomic E-state index is 0.118. The molecule has 0 spiro atoms. The van der Waals surface area contributed by atoms with Crippen LogP contribution < -0.4 is 10.1 Å². The molecular formula is C14H14NO6P. The summed E-state index contributed by atoms with van der Waals surface area (Å²) in [5, 5.41) is 9.54. The summed E-state index contributed by atoms with van der Waals surface area (Å²) in [4.78, 5) is 11.7. The Labute approximate surface area is 126 Å². The molecule has 0 radical (unpaired) electrons. The number of fused-ring (bicyclic) bond motifs is 1. The lowest BCUT2D eigenvalue weighted by Crippen LogP contribution is -2.03. The van der Waals surface area contributed by atoms with E-state index in [1.54, 1.807) is 19.9 Å². The highest BCUT2D eigenvalue weighted by Crippen LogP contribution is 2.49. The molecule has 0 saturated carbocycles. The molecule has 8 heteroatoms. The van der Waals surface area contributed by atoms with Crippen molar-refractivity contribution in [2.45, 2.75) is 13.8 Å². The van der Waals surface area contributed by atoms with Crippen LogP contribution in [0.15, 0.2) is 33.5 Å².